The van der Waals surface area contributed by atoms with Crippen LogP contribution in [0.5, 0.6) is 0 Å². The molecular formula is C46H47N9O6. The van der Waals surface area contributed by atoms with E-state index in [9.17, 15) is 19.2 Å². The zero-order valence-electron chi connectivity index (χ0n) is 34.2. The lowest BCUT2D eigenvalue weighted by molar-refractivity contribution is -0.137. The van der Waals surface area contributed by atoms with Gasteiger partial charge < -0.3 is 24.8 Å². The van der Waals surface area contributed by atoms with Crippen molar-refractivity contribution < 1.29 is 28.7 Å². The summed E-state index contributed by atoms with van der Waals surface area (Å²) < 4.78 is 8.11. The Kier molecular flexibility index (Phi) is 12.3. The van der Waals surface area contributed by atoms with Gasteiger partial charge in [0.2, 0.25) is 18.2 Å². The lowest BCUT2D eigenvalue weighted by Gasteiger charge is -2.29. The Hall–Kier alpha value is -6.76. The van der Waals surface area contributed by atoms with Crippen LogP contribution in [0.1, 0.15) is 81.5 Å². The van der Waals surface area contributed by atoms with Gasteiger partial charge in [-0.3, -0.25) is 44.2 Å². The van der Waals surface area contributed by atoms with Gasteiger partial charge in [0, 0.05) is 112 Å². The molecule has 0 aliphatic carbocycles. The summed E-state index contributed by atoms with van der Waals surface area (Å²) in [5, 5.41) is 9.56. The van der Waals surface area contributed by atoms with Crippen LogP contribution in [0.4, 0.5) is 0 Å². The standard InChI is InChI=1S/C44H42N8O5.C2H5NO/c1-50-18-19-51-38(26-50)40(49-41(51)28-15-20-57-21-16-28)31-9-5-8-29-22-36(47-24-33(29)31)30-11-12-35(46-23-30)42(54)45-17-3-2-6-27-7-4-10-32-34(27)25-52(44(32)56)37-13-14-39(53)48-43(37)55;1-3-2-4/h4-5,7-12,22-24,28,37H,3,13-21,25-26H2,1H3,(H,45,54)(H,48,53,55);2H,1H3,(H,3,4). The van der Waals surface area contributed by atoms with E-state index >= 15 is 0 Å². The van der Waals surface area contributed by atoms with Crippen LogP contribution in [0.3, 0.4) is 0 Å². The van der Waals surface area contributed by atoms with Gasteiger partial charge in [0.15, 0.2) is 0 Å². The topological polar surface area (TPSA) is 181 Å². The van der Waals surface area contributed by atoms with Crippen molar-refractivity contribution in [2.24, 2.45) is 0 Å². The third-order valence-corrected chi connectivity index (χ3v) is 11.6. The van der Waals surface area contributed by atoms with Gasteiger partial charge in [0.1, 0.15) is 17.6 Å². The Morgan fingerprint density at radius 1 is 0.984 bits per heavy atom. The first-order chi connectivity index (χ1) is 29.7. The minimum absolute atomic E-state index is 0.197. The van der Waals surface area contributed by atoms with Gasteiger partial charge in [-0.15, -0.1) is 0 Å². The molecular weight excluding hydrogens is 775 g/mol. The van der Waals surface area contributed by atoms with Crippen molar-refractivity contribution in [1.29, 1.82) is 0 Å². The number of imidazole rings is 1. The van der Waals surface area contributed by atoms with E-state index in [2.05, 4.69) is 73.6 Å². The highest BCUT2D eigenvalue weighted by molar-refractivity contribution is 6.05. The number of amides is 5. The molecule has 3 aromatic heterocycles. The van der Waals surface area contributed by atoms with E-state index in [4.69, 9.17) is 19.5 Å². The summed E-state index contributed by atoms with van der Waals surface area (Å²) >= 11 is 0. The van der Waals surface area contributed by atoms with Gasteiger partial charge in [-0.25, -0.2) is 4.98 Å². The summed E-state index contributed by atoms with van der Waals surface area (Å²) in [5.74, 6) is 6.49. The maximum Gasteiger partial charge on any atom is 0.269 e. The van der Waals surface area contributed by atoms with Crippen molar-refractivity contribution in [3.8, 4) is 34.4 Å². The number of carbonyl (C=O) groups is 5. The van der Waals surface area contributed by atoms with E-state index in [1.165, 1.54) is 16.4 Å². The number of fused-ring (bicyclic) bond motifs is 3. The number of piperidine rings is 1. The number of imide groups is 1. The number of pyridine rings is 2. The summed E-state index contributed by atoms with van der Waals surface area (Å²) in [6, 6.07) is 16.6. The average molecular weight is 822 g/mol. The molecule has 4 aliphatic heterocycles. The molecule has 312 valence electrons. The highest BCUT2D eigenvalue weighted by Gasteiger charge is 2.39. The van der Waals surface area contributed by atoms with E-state index in [-0.39, 0.29) is 36.4 Å². The molecule has 0 radical (unpaired) electrons. The van der Waals surface area contributed by atoms with E-state index in [1.54, 1.807) is 31.4 Å². The molecule has 1 unspecified atom stereocenters. The number of ether oxygens (including phenoxy) is 1. The zero-order valence-corrected chi connectivity index (χ0v) is 34.2. The van der Waals surface area contributed by atoms with Gasteiger partial charge in [-0.1, -0.05) is 36.1 Å². The monoisotopic (exact) mass is 821 g/mol. The molecule has 7 heterocycles. The van der Waals surface area contributed by atoms with Crippen molar-refractivity contribution in [2.45, 2.75) is 63.7 Å². The Labute approximate surface area is 353 Å². The van der Waals surface area contributed by atoms with Crippen LogP contribution < -0.4 is 16.0 Å². The van der Waals surface area contributed by atoms with Crippen LogP contribution in [0, 0.1) is 11.8 Å². The lowest BCUT2D eigenvalue weighted by Crippen LogP contribution is -2.52. The second-order valence-electron chi connectivity index (χ2n) is 15.5. The minimum atomic E-state index is -0.684. The van der Waals surface area contributed by atoms with Crippen LogP contribution in [0.25, 0.3) is 33.3 Å². The summed E-state index contributed by atoms with van der Waals surface area (Å²) in [5.41, 5.74) is 7.20. The molecule has 2 fully saturated rings. The molecule has 4 aliphatic rings. The summed E-state index contributed by atoms with van der Waals surface area (Å²) in [6.07, 6.45) is 7.09. The van der Waals surface area contributed by atoms with Gasteiger partial charge in [-0.2, -0.15) is 0 Å². The zero-order chi connectivity index (χ0) is 42.5. The van der Waals surface area contributed by atoms with Crippen molar-refractivity contribution >= 4 is 40.8 Å². The second kappa shape index (κ2) is 18.2. The van der Waals surface area contributed by atoms with E-state index in [0.717, 1.165) is 84.5 Å². The number of hydrogen-bond donors (Lipinski definition) is 3. The maximum absolute atomic E-state index is 13.1. The number of hydrogen-bond acceptors (Lipinski definition) is 10. The van der Waals surface area contributed by atoms with Crippen LogP contribution in [0.2, 0.25) is 0 Å². The first-order valence-electron chi connectivity index (χ1n) is 20.6. The van der Waals surface area contributed by atoms with Crippen molar-refractivity contribution in [3.05, 3.63) is 101 Å². The minimum Gasteiger partial charge on any atom is -0.381 e. The Morgan fingerprint density at radius 2 is 1.79 bits per heavy atom. The number of aromatic nitrogens is 4. The van der Waals surface area contributed by atoms with Crippen molar-refractivity contribution in [1.82, 2.24) is 45.3 Å². The van der Waals surface area contributed by atoms with Crippen LogP contribution in [0.15, 0.2) is 67.0 Å². The lowest BCUT2D eigenvalue weighted by atomic mass is 9.99. The predicted molar refractivity (Wildman–Crippen MR) is 227 cm³/mol. The third-order valence-electron chi connectivity index (χ3n) is 11.6. The molecule has 2 aromatic carbocycles. The molecule has 5 aromatic rings. The predicted octanol–water partition coefficient (Wildman–Crippen LogP) is 3.79. The van der Waals surface area contributed by atoms with Crippen molar-refractivity contribution in [3.63, 3.8) is 0 Å². The van der Waals surface area contributed by atoms with E-state index < -0.39 is 11.9 Å². The van der Waals surface area contributed by atoms with Crippen LogP contribution >= 0.6 is 0 Å². The Morgan fingerprint density at radius 3 is 2.56 bits per heavy atom. The van der Waals surface area contributed by atoms with Crippen molar-refractivity contribution in [2.75, 3.05) is 40.4 Å². The summed E-state index contributed by atoms with van der Waals surface area (Å²) in [6.45, 7) is 4.90. The smallest absolute Gasteiger partial charge is 0.269 e. The normalized spacial score (nSPS) is 17.6. The number of nitrogens with one attached hydrogen (secondary N) is 3. The average Bonchev–Trinajstić information content (AvgIpc) is 3.83. The SMILES string of the molecule is CN1CCn2c(C3CCOCC3)nc(-c3cccc4cc(-c5ccc(C(=O)NCCC#Cc6cccc7c6CN(C6CCC(=O)NC6=O)C7=O)nc5)ncc34)c2C1.CNC=O. The molecule has 3 N–H and O–H groups in total. The molecule has 15 heteroatoms. The van der Waals surface area contributed by atoms with Gasteiger partial charge >= 0.3 is 0 Å². The molecule has 5 amide bonds. The highest BCUT2D eigenvalue weighted by Crippen LogP contribution is 2.37. The van der Waals surface area contributed by atoms with Crippen LogP contribution in [-0.2, 0) is 38.8 Å². The molecule has 0 bridgehead atoms. The number of carbonyl (C=O) groups excluding carboxylic acids is 5. The Balaban J connectivity index is 0.00000123. The van der Waals surface area contributed by atoms with Gasteiger partial charge in [0.25, 0.3) is 11.8 Å². The summed E-state index contributed by atoms with van der Waals surface area (Å²) in [4.78, 5) is 77.7. The van der Waals surface area contributed by atoms with E-state index in [0.29, 0.717) is 42.8 Å². The molecule has 0 saturated carbocycles. The quantitative estimate of drug-likeness (QED) is 0.0903. The number of rotatable bonds is 8. The van der Waals surface area contributed by atoms with Gasteiger partial charge in [-0.05, 0) is 67.6 Å². The maximum atomic E-state index is 13.1. The molecule has 61 heavy (non-hydrogen) atoms. The largest absolute Gasteiger partial charge is 0.381 e. The number of benzene rings is 2. The number of nitrogens with zero attached hydrogens (tertiary/aromatic N) is 6. The fraction of sp³-hybridized carbons (Fsp3) is 0.348. The first kappa shape index (κ1) is 41.0. The highest BCUT2D eigenvalue weighted by atomic mass is 16.5. The molecule has 9 rings (SSSR count). The molecule has 1 atom stereocenters. The molecule has 2 saturated heterocycles. The number of likely N-dealkylation sites (N-methyl/N-ethyl adjacent to an activating group) is 1. The van der Waals surface area contributed by atoms with Gasteiger partial charge in [0.05, 0.1) is 17.1 Å². The third kappa shape index (κ3) is 8.63. The van der Waals surface area contributed by atoms with Crippen LogP contribution in [-0.4, -0.2) is 106 Å². The fourth-order valence-corrected chi connectivity index (χ4v) is 8.41. The fourth-order valence-electron chi connectivity index (χ4n) is 8.41. The first-order valence-corrected chi connectivity index (χ1v) is 20.6. The molecule has 0 spiro atoms. The summed E-state index contributed by atoms with van der Waals surface area (Å²) in [7, 11) is 3.72. The Bertz CT molecular complexity index is 2570. The van der Waals surface area contributed by atoms with E-state index in [1.807, 2.05) is 18.3 Å². The molecule has 15 nitrogen and oxygen atoms in total. The second-order valence-corrected chi connectivity index (χ2v) is 15.5.